The van der Waals surface area contributed by atoms with Gasteiger partial charge in [-0.1, -0.05) is 25.3 Å². The van der Waals surface area contributed by atoms with Crippen molar-refractivity contribution in [1.82, 2.24) is 19.6 Å². The molecule has 0 atom stereocenters. The molecule has 0 fully saturated rings. The summed E-state index contributed by atoms with van der Waals surface area (Å²) < 4.78 is 3.84. The molecule has 0 bridgehead atoms. The fraction of sp³-hybridized carbons (Fsp3) is 0.364. The Hall–Kier alpha value is -1.60. The average molecular weight is 298 g/mol. The van der Waals surface area contributed by atoms with Gasteiger partial charge in [0.2, 0.25) is 5.28 Å². The van der Waals surface area contributed by atoms with E-state index in [1.54, 1.807) is 6.07 Å². The van der Waals surface area contributed by atoms with Crippen molar-refractivity contribution in [2.75, 3.05) is 5.32 Å². The van der Waals surface area contributed by atoms with Crippen molar-refractivity contribution in [3.63, 3.8) is 0 Å². The quantitative estimate of drug-likeness (QED) is 0.862. The van der Waals surface area contributed by atoms with Gasteiger partial charge in [-0.3, -0.25) is 4.79 Å². The number of nitrogens with zero attached hydrogens (tertiary/aromatic N) is 4. The normalized spacial score (nSPS) is 11.4. The van der Waals surface area contributed by atoms with Crippen molar-refractivity contribution in [2.45, 2.75) is 26.2 Å². The third-order valence-corrected chi connectivity index (χ3v) is 3.18. The summed E-state index contributed by atoms with van der Waals surface area (Å²) in [6.45, 7) is 5.92. The van der Waals surface area contributed by atoms with Crippen LogP contribution in [0, 0.1) is 0 Å². The zero-order valence-corrected chi connectivity index (χ0v) is 12.2. The van der Waals surface area contributed by atoms with Crippen LogP contribution in [-0.4, -0.2) is 25.5 Å². The lowest BCUT2D eigenvalue weighted by Crippen LogP contribution is -2.20. The van der Waals surface area contributed by atoms with Crippen LogP contribution >= 0.6 is 23.1 Å². The first-order valence-corrected chi connectivity index (χ1v) is 6.66. The summed E-state index contributed by atoms with van der Waals surface area (Å²) in [5.41, 5.74) is 0.415. The van der Waals surface area contributed by atoms with Gasteiger partial charge >= 0.3 is 0 Å². The van der Waals surface area contributed by atoms with Crippen molar-refractivity contribution in [2.24, 2.45) is 0 Å². The maximum Gasteiger partial charge on any atom is 0.270 e. The van der Waals surface area contributed by atoms with Crippen molar-refractivity contribution >= 4 is 34.9 Å². The minimum atomic E-state index is -0.297. The molecule has 0 radical (unpaired) electrons. The highest BCUT2D eigenvalue weighted by molar-refractivity contribution is 7.08. The van der Waals surface area contributed by atoms with E-state index in [1.807, 2.05) is 20.8 Å². The largest absolute Gasteiger partial charge is 0.306 e. The Morgan fingerprint density at radius 2 is 2.16 bits per heavy atom. The molecular weight excluding hydrogens is 286 g/mol. The second kappa shape index (κ2) is 5.18. The highest BCUT2D eigenvalue weighted by Gasteiger charge is 2.26. The maximum absolute atomic E-state index is 12.2. The molecule has 0 aliphatic carbocycles. The molecule has 1 amide bonds. The SMILES string of the molecule is CC(C)(C)c1nnsc1C(=O)Nc1ccnc(Cl)n1. The van der Waals surface area contributed by atoms with Gasteiger partial charge in [-0.05, 0) is 29.2 Å². The number of hydrogen-bond donors (Lipinski definition) is 1. The molecule has 8 heteroatoms. The van der Waals surface area contributed by atoms with Crippen LogP contribution in [0.3, 0.4) is 0 Å². The lowest BCUT2D eigenvalue weighted by molar-refractivity contribution is 0.102. The Morgan fingerprint density at radius 1 is 1.42 bits per heavy atom. The van der Waals surface area contributed by atoms with Gasteiger partial charge in [-0.2, -0.15) is 0 Å². The van der Waals surface area contributed by atoms with Gasteiger partial charge in [0, 0.05) is 11.6 Å². The molecule has 6 nitrogen and oxygen atoms in total. The molecule has 2 aromatic heterocycles. The van der Waals surface area contributed by atoms with Gasteiger partial charge in [-0.25, -0.2) is 9.97 Å². The summed E-state index contributed by atoms with van der Waals surface area (Å²) in [5.74, 6) is 0.0490. The van der Waals surface area contributed by atoms with E-state index >= 15 is 0 Å². The topological polar surface area (TPSA) is 80.7 Å². The molecule has 0 spiro atoms. The summed E-state index contributed by atoms with van der Waals surface area (Å²) in [6.07, 6.45) is 1.47. The molecule has 19 heavy (non-hydrogen) atoms. The van der Waals surface area contributed by atoms with Crippen LogP contribution in [0.5, 0.6) is 0 Å². The van der Waals surface area contributed by atoms with Gasteiger partial charge < -0.3 is 5.32 Å². The van der Waals surface area contributed by atoms with Crippen molar-refractivity contribution in [3.8, 4) is 0 Å². The Bertz CT molecular complexity index is 607. The number of carbonyl (C=O) groups excluding carboxylic acids is 1. The van der Waals surface area contributed by atoms with Gasteiger partial charge in [0.05, 0.1) is 5.69 Å². The van der Waals surface area contributed by atoms with Crippen LogP contribution in [0.15, 0.2) is 12.3 Å². The summed E-state index contributed by atoms with van der Waals surface area (Å²) in [5, 5.41) is 6.75. The number of anilines is 1. The highest BCUT2D eigenvalue weighted by Crippen LogP contribution is 2.26. The smallest absolute Gasteiger partial charge is 0.270 e. The number of carbonyl (C=O) groups is 1. The second-order valence-electron chi connectivity index (χ2n) is 4.87. The Labute approximate surface area is 119 Å². The molecule has 0 aliphatic rings. The number of amides is 1. The van der Waals surface area contributed by atoms with Crippen LogP contribution < -0.4 is 5.32 Å². The maximum atomic E-state index is 12.2. The third kappa shape index (κ3) is 3.24. The van der Waals surface area contributed by atoms with E-state index in [0.29, 0.717) is 16.4 Å². The monoisotopic (exact) mass is 297 g/mol. The van der Waals surface area contributed by atoms with E-state index in [9.17, 15) is 4.79 Å². The first kappa shape index (κ1) is 13.8. The van der Waals surface area contributed by atoms with Gasteiger partial charge in [-0.15, -0.1) is 5.10 Å². The average Bonchev–Trinajstić information content (AvgIpc) is 2.77. The van der Waals surface area contributed by atoms with Crippen LogP contribution in [-0.2, 0) is 5.41 Å². The number of hydrogen-bond acceptors (Lipinski definition) is 6. The fourth-order valence-electron chi connectivity index (χ4n) is 1.41. The molecule has 0 aliphatic heterocycles. The number of aromatic nitrogens is 4. The molecule has 100 valence electrons. The van der Waals surface area contributed by atoms with E-state index in [1.165, 1.54) is 6.20 Å². The summed E-state index contributed by atoms with van der Waals surface area (Å²) in [4.78, 5) is 20.3. The lowest BCUT2D eigenvalue weighted by atomic mass is 9.91. The Balaban J connectivity index is 2.24. The highest BCUT2D eigenvalue weighted by atomic mass is 35.5. The minimum Gasteiger partial charge on any atom is -0.306 e. The first-order chi connectivity index (χ1) is 8.88. The first-order valence-electron chi connectivity index (χ1n) is 5.50. The van der Waals surface area contributed by atoms with Gasteiger partial charge in [0.1, 0.15) is 10.7 Å². The third-order valence-electron chi connectivity index (χ3n) is 2.27. The summed E-state index contributed by atoms with van der Waals surface area (Å²) in [6, 6.07) is 1.56. The molecule has 2 aromatic rings. The van der Waals surface area contributed by atoms with E-state index in [2.05, 4.69) is 24.9 Å². The van der Waals surface area contributed by atoms with E-state index in [4.69, 9.17) is 11.6 Å². The van der Waals surface area contributed by atoms with E-state index < -0.39 is 0 Å². The molecule has 0 saturated carbocycles. The Morgan fingerprint density at radius 3 is 2.79 bits per heavy atom. The van der Waals surface area contributed by atoms with Crippen LogP contribution in [0.25, 0.3) is 0 Å². The summed E-state index contributed by atoms with van der Waals surface area (Å²) in [7, 11) is 0. The second-order valence-corrected chi connectivity index (χ2v) is 5.96. The van der Waals surface area contributed by atoms with E-state index in [-0.39, 0.29) is 16.6 Å². The molecule has 2 heterocycles. The molecule has 0 unspecified atom stereocenters. The van der Waals surface area contributed by atoms with Crippen LogP contribution in [0.1, 0.15) is 36.1 Å². The van der Waals surface area contributed by atoms with Crippen molar-refractivity contribution < 1.29 is 4.79 Å². The predicted octanol–water partition coefficient (Wildman–Crippen LogP) is 2.53. The predicted molar refractivity (Wildman–Crippen MR) is 73.6 cm³/mol. The summed E-state index contributed by atoms with van der Waals surface area (Å²) >= 11 is 6.72. The number of halogens is 1. The fourth-order valence-corrected chi connectivity index (χ4v) is 2.33. The zero-order chi connectivity index (χ0) is 14.0. The Kier molecular flexibility index (Phi) is 3.77. The molecular formula is C11H12ClN5OS. The molecule has 2 rings (SSSR count). The van der Waals surface area contributed by atoms with Crippen molar-refractivity contribution in [1.29, 1.82) is 0 Å². The minimum absolute atomic E-state index is 0.0799. The van der Waals surface area contributed by atoms with Crippen molar-refractivity contribution in [3.05, 3.63) is 28.1 Å². The van der Waals surface area contributed by atoms with Gasteiger partial charge in [0.25, 0.3) is 5.91 Å². The molecule has 0 aromatic carbocycles. The lowest BCUT2D eigenvalue weighted by Gasteiger charge is -2.15. The van der Waals surface area contributed by atoms with Crippen LogP contribution in [0.2, 0.25) is 5.28 Å². The molecule has 1 N–H and O–H groups in total. The molecule has 0 saturated heterocycles. The van der Waals surface area contributed by atoms with Gasteiger partial charge in [0.15, 0.2) is 0 Å². The zero-order valence-electron chi connectivity index (χ0n) is 10.6. The van der Waals surface area contributed by atoms with E-state index in [0.717, 1.165) is 11.5 Å². The standard InChI is InChI=1S/C11H12ClN5OS/c1-11(2,3)8-7(19-17-16-8)9(18)14-6-4-5-13-10(12)15-6/h4-5H,1-3H3,(H,13,14,15,18). The number of nitrogens with one attached hydrogen (secondary N) is 1. The van der Waals surface area contributed by atoms with Crippen LogP contribution in [0.4, 0.5) is 5.82 Å². The number of rotatable bonds is 2.